The van der Waals surface area contributed by atoms with Crippen LogP contribution in [0.2, 0.25) is 0 Å². The summed E-state index contributed by atoms with van der Waals surface area (Å²) in [6.07, 6.45) is -0.710. The summed E-state index contributed by atoms with van der Waals surface area (Å²) in [6.45, 7) is 3.04. The maximum Gasteiger partial charge on any atom is 0.408 e. The maximum atomic E-state index is 12.6. The Labute approximate surface area is 204 Å². The van der Waals surface area contributed by atoms with Crippen molar-refractivity contribution < 1.29 is 23.9 Å². The van der Waals surface area contributed by atoms with Gasteiger partial charge in [0, 0.05) is 5.92 Å². The second-order valence-corrected chi connectivity index (χ2v) is 8.90. The van der Waals surface area contributed by atoms with E-state index in [1.165, 1.54) is 0 Å². The second kappa shape index (κ2) is 10.4. The highest BCUT2D eigenvalue weighted by Crippen LogP contribution is 2.44. The first-order valence-electron chi connectivity index (χ1n) is 11.5. The lowest BCUT2D eigenvalue weighted by Crippen LogP contribution is -2.55. The SMILES string of the molecule is CC(C)(NC(=O)OCC1c2ccccc2-c2ccccc21)C(=O)NCC(=O)OCc1ccccc1. The molecule has 3 aromatic rings. The number of benzene rings is 3. The van der Waals surface area contributed by atoms with Crippen molar-refractivity contribution in [2.75, 3.05) is 13.2 Å². The number of ether oxygens (including phenoxy) is 2. The Bertz CT molecular complexity index is 1180. The minimum absolute atomic E-state index is 0.0792. The molecule has 7 nitrogen and oxygen atoms in total. The van der Waals surface area contributed by atoms with Crippen molar-refractivity contribution >= 4 is 18.0 Å². The highest BCUT2D eigenvalue weighted by molar-refractivity contribution is 5.91. The third-order valence-corrected chi connectivity index (χ3v) is 5.96. The van der Waals surface area contributed by atoms with Crippen molar-refractivity contribution in [3.8, 4) is 11.1 Å². The van der Waals surface area contributed by atoms with E-state index in [0.29, 0.717) is 0 Å². The van der Waals surface area contributed by atoms with Crippen LogP contribution in [0.5, 0.6) is 0 Å². The lowest BCUT2D eigenvalue weighted by atomic mass is 9.98. The van der Waals surface area contributed by atoms with E-state index in [9.17, 15) is 14.4 Å². The highest BCUT2D eigenvalue weighted by Gasteiger charge is 2.32. The minimum atomic E-state index is -1.29. The van der Waals surface area contributed by atoms with E-state index < -0.39 is 23.5 Å². The summed E-state index contributed by atoms with van der Waals surface area (Å²) in [6, 6.07) is 25.4. The zero-order valence-electron chi connectivity index (χ0n) is 19.7. The van der Waals surface area contributed by atoms with Crippen LogP contribution in [-0.2, 0) is 25.7 Å². The largest absolute Gasteiger partial charge is 0.460 e. The fraction of sp³-hybridized carbons (Fsp3) is 0.250. The molecule has 180 valence electrons. The third-order valence-electron chi connectivity index (χ3n) is 5.96. The van der Waals surface area contributed by atoms with Gasteiger partial charge in [-0.25, -0.2) is 4.79 Å². The average Bonchev–Trinajstić information content (AvgIpc) is 3.18. The number of esters is 1. The maximum absolute atomic E-state index is 12.6. The van der Waals surface area contributed by atoms with E-state index in [2.05, 4.69) is 22.8 Å². The van der Waals surface area contributed by atoms with E-state index >= 15 is 0 Å². The van der Waals surface area contributed by atoms with Crippen LogP contribution in [0.4, 0.5) is 4.79 Å². The molecule has 2 amide bonds. The zero-order valence-corrected chi connectivity index (χ0v) is 19.7. The van der Waals surface area contributed by atoms with Crippen LogP contribution in [0.3, 0.4) is 0 Å². The van der Waals surface area contributed by atoms with E-state index in [-0.39, 0.29) is 25.7 Å². The van der Waals surface area contributed by atoms with Gasteiger partial charge in [-0.3, -0.25) is 9.59 Å². The van der Waals surface area contributed by atoms with Gasteiger partial charge < -0.3 is 20.1 Å². The van der Waals surface area contributed by atoms with Crippen LogP contribution >= 0.6 is 0 Å². The first-order valence-corrected chi connectivity index (χ1v) is 11.5. The molecule has 0 bridgehead atoms. The van der Waals surface area contributed by atoms with Gasteiger partial charge in [0.15, 0.2) is 0 Å². The Morgan fingerprint density at radius 2 is 1.37 bits per heavy atom. The van der Waals surface area contributed by atoms with Crippen LogP contribution in [0.1, 0.15) is 36.5 Å². The molecule has 0 aromatic heterocycles. The van der Waals surface area contributed by atoms with Crippen LogP contribution in [0.15, 0.2) is 78.9 Å². The number of rotatable bonds is 8. The number of fused-ring (bicyclic) bond motifs is 3. The molecule has 0 radical (unpaired) electrons. The molecule has 1 aliphatic rings. The van der Waals surface area contributed by atoms with Crippen molar-refractivity contribution in [1.82, 2.24) is 10.6 Å². The van der Waals surface area contributed by atoms with Crippen LogP contribution < -0.4 is 10.6 Å². The van der Waals surface area contributed by atoms with E-state index in [4.69, 9.17) is 9.47 Å². The molecule has 7 heteroatoms. The lowest BCUT2D eigenvalue weighted by Gasteiger charge is -2.25. The smallest absolute Gasteiger partial charge is 0.408 e. The van der Waals surface area contributed by atoms with Crippen molar-refractivity contribution in [2.45, 2.75) is 31.9 Å². The summed E-state index contributed by atoms with van der Waals surface area (Å²) in [5.74, 6) is -1.17. The molecule has 0 saturated heterocycles. The van der Waals surface area contributed by atoms with E-state index in [1.54, 1.807) is 13.8 Å². The summed E-state index contributed by atoms with van der Waals surface area (Å²) in [4.78, 5) is 37.1. The predicted molar refractivity (Wildman–Crippen MR) is 132 cm³/mol. The van der Waals surface area contributed by atoms with E-state index in [1.807, 2.05) is 66.7 Å². The summed E-state index contributed by atoms with van der Waals surface area (Å²) in [5.41, 5.74) is 4.04. The standard InChI is InChI=1S/C28H28N2O5/c1-28(2,26(32)29-16-25(31)34-17-19-10-4-3-5-11-19)30-27(33)35-18-24-22-14-8-6-12-20(22)21-13-7-9-15-23(21)24/h3-15,24H,16-18H2,1-2H3,(H,29,32)(H,30,33). The van der Waals surface area contributed by atoms with Crippen LogP contribution in [0, 0.1) is 0 Å². The fourth-order valence-corrected chi connectivity index (χ4v) is 4.11. The number of hydrogen-bond acceptors (Lipinski definition) is 5. The van der Waals surface area contributed by atoms with E-state index in [0.717, 1.165) is 27.8 Å². The summed E-state index contributed by atoms with van der Waals surface area (Å²) >= 11 is 0. The van der Waals surface area contributed by atoms with Gasteiger partial charge in [0.25, 0.3) is 0 Å². The predicted octanol–water partition coefficient (Wildman–Crippen LogP) is 4.16. The first kappa shape index (κ1) is 24.0. The van der Waals surface area contributed by atoms with Gasteiger partial charge in [0.1, 0.15) is 25.3 Å². The molecular formula is C28H28N2O5. The molecule has 3 aromatic carbocycles. The number of amides is 2. The van der Waals surface area contributed by atoms with Crippen LogP contribution in [0.25, 0.3) is 11.1 Å². The van der Waals surface area contributed by atoms with Gasteiger partial charge in [-0.05, 0) is 41.7 Å². The minimum Gasteiger partial charge on any atom is -0.460 e. The highest BCUT2D eigenvalue weighted by atomic mass is 16.5. The number of carbonyl (C=O) groups excluding carboxylic acids is 3. The Morgan fingerprint density at radius 1 is 0.800 bits per heavy atom. The van der Waals surface area contributed by atoms with Gasteiger partial charge in [-0.1, -0.05) is 78.9 Å². The fourth-order valence-electron chi connectivity index (χ4n) is 4.11. The first-order chi connectivity index (χ1) is 16.8. The molecule has 0 unspecified atom stereocenters. The number of nitrogens with one attached hydrogen (secondary N) is 2. The number of hydrogen-bond donors (Lipinski definition) is 2. The molecule has 0 spiro atoms. The van der Waals surface area contributed by atoms with Gasteiger partial charge in [0.2, 0.25) is 5.91 Å². The number of carbonyl (C=O) groups is 3. The normalized spacial score (nSPS) is 12.3. The van der Waals surface area contributed by atoms with Crippen molar-refractivity contribution in [3.63, 3.8) is 0 Å². The second-order valence-electron chi connectivity index (χ2n) is 8.90. The summed E-state index contributed by atoms with van der Waals surface area (Å²) in [7, 11) is 0. The van der Waals surface area contributed by atoms with Crippen molar-refractivity contribution in [2.24, 2.45) is 0 Å². The Kier molecular flexibility index (Phi) is 7.15. The molecule has 0 fully saturated rings. The molecule has 4 rings (SSSR count). The Morgan fingerprint density at radius 3 is 2.00 bits per heavy atom. The Balaban J connectivity index is 1.27. The number of alkyl carbamates (subject to hydrolysis) is 1. The van der Waals surface area contributed by atoms with Gasteiger partial charge in [0.05, 0.1) is 0 Å². The quantitative estimate of drug-likeness (QED) is 0.480. The molecule has 1 aliphatic carbocycles. The monoisotopic (exact) mass is 472 g/mol. The Hall–Kier alpha value is -4.13. The molecular weight excluding hydrogens is 444 g/mol. The zero-order chi connectivity index (χ0) is 24.8. The molecule has 0 atom stereocenters. The molecule has 2 N–H and O–H groups in total. The molecule has 0 aliphatic heterocycles. The topological polar surface area (TPSA) is 93.7 Å². The lowest BCUT2D eigenvalue weighted by molar-refractivity contribution is -0.145. The van der Waals surface area contributed by atoms with Crippen LogP contribution in [-0.4, -0.2) is 36.7 Å². The van der Waals surface area contributed by atoms with Crippen molar-refractivity contribution in [1.29, 1.82) is 0 Å². The van der Waals surface area contributed by atoms with Gasteiger partial charge in [-0.15, -0.1) is 0 Å². The molecule has 35 heavy (non-hydrogen) atoms. The average molecular weight is 473 g/mol. The third kappa shape index (κ3) is 5.69. The van der Waals surface area contributed by atoms with Gasteiger partial charge >= 0.3 is 12.1 Å². The summed E-state index contributed by atoms with van der Waals surface area (Å²) in [5, 5.41) is 5.09. The summed E-state index contributed by atoms with van der Waals surface area (Å²) < 4.78 is 10.7. The van der Waals surface area contributed by atoms with Crippen molar-refractivity contribution in [3.05, 3.63) is 95.6 Å². The van der Waals surface area contributed by atoms with Gasteiger partial charge in [-0.2, -0.15) is 0 Å². The molecule has 0 heterocycles. The molecule has 0 saturated carbocycles.